The Morgan fingerprint density at radius 1 is 1.26 bits per heavy atom. The molecule has 1 aromatic heterocycles. The van der Waals surface area contributed by atoms with Gasteiger partial charge in [-0.15, -0.1) is 0 Å². The maximum absolute atomic E-state index is 10.8. The first-order valence-electron chi connectivity index (χ1n) is 6.41. The highest BCUT2D eigenvalue weighted by Crippen LogP contribution is 2.32. The number of carbonyl (C=O) groups is 1. The molecule has 0 saturated heterocycles. The molecule has 0 radical (unpaired) electrons. The van der Waals surface area contributed by atoms with E-state index in [-0.39, 0.29) is 11.8 Å². The van der Waals surface area contributed by atoms with Gasteiger partial charge in [0.15, 0.2) is 5.88 Å². The number of rotatable bonds is 3. The van der Waals surface area contributed by atoms with E-state index in [1.165, 1.54) is 17.2 Å². The topological polar surface area (TPSA) is 62.5 Å². The number of aryl methyl sites for hydroxylation is 1. The molecule has 1 unspecified atom stereocenters. The third kappa shape index (κ3) is 2.34. The number of aromatic carboxylic acids is 1. The Labute approximate surface area is 111 Å². The van der Waals surface area contributed by atoms with Crippen molar-refractivity contribution < 1.29 is 14.3 Å². The van der Waals surface area contributed by atoms with Crippen LogP contribution in [-0.4, -0.2) is 11.1 Å². The molecule has 2 N–H and O–H groups in total. The van der Waals surface area contributed by atoms with Crippen molar-refractivity contribution in [2.24, 2.45) is 0 Å². The number of anilines is 1. The second-order valence-corrected chi connectivity index (χ2v) is 4.76. The monoisotopic (exact) mass is 257 g/mol. The highest BCUT2D eigenvalue weighted by molar-refractivity contribution is 5.84. The molecule has 4 nitrogen and oxygen atoms in total. The van der Waals surface area contributed by atoms with Crippen LogP contribution in [-0.2, 0) is 6.42 Å². The molecule has 1 aliphatic rings. The number of carboxylic acids is 1. The molecule has 3 rings (SSSR count). The van der Waals surface area contributed by atoms with Crippen LogP contribution >= 0.6 is 0 Å². The minimum atomic E-state index is -1.04. The molecule has 0 spiro atoms. The maximum Gasteiger partial charge on any atom is 0.371 e. The lowest BCUT2D eigenvalue weighted by Crippen LogP contribution is -2.16. The molecule has 0 saturated carbocycles. The summed E-state index contributed by atoms with van der Waals surface area (Å²) >= 11 is 0. The SMILES string of the molecule is O=C(O)c1ccc(NC2CCCc3ccccc32)o1. The molecule has 1 aromatic carbocycles. The van der Waals surface area contributed by atoms with Gasteiger partial charge < -0.3 is 14.8 Å². The van der Waals surface area contributed by atoms with Gasteiger partial charge in [0.25, 0.3) is 0 Å². The van der Waals surface area contributed by atoms with Crippen LogP contribution in [0.15, 0.2) is 40.8 Å². The van der Waals surface area contributed by atoms with E-state index in [0.717, 1.165) is 19.3 Å². The molecule has 0 fully saturated rings. The first-order chi connectivity index (χ1) is 9.24. The minimum Gasteiger partial charge on any atom is -0.475 e. The van der Waals surface area contributed by atoms with Crippen LogP contribution in [0.2, 0.25) is 0 Å². The molecule has 0 aliphatic heterocycles. The number of hydrogen-bond acceptors (Lipinski definition) is 3. The Balaban J connectivity index is 1.82. The van der Waals surface area contributed by atoms with Crippen LogP contribution in [0, 0.1) is 0 Å². The Kier molecular flexibility index (Phi) is 2.99. The van der Waals surface area contributed by atoms with Crippen molar-refractivity contribution in [3.05, 3.63) is 53.3 Å². The van der Waals surface area contributed by atoms with Crippen molar-refractivity contribution in [2.45, 2.75) is 25.3 Å². The summed E-state index contributed by atoms with van der Waals surface area (Å²) in [6, 6.07) is 11.7. The van der Waals surface area contributed by atoms with Crippen molar-refractivity contribution in [2.75, 3.05) is 5.32 Å². The zero-order chi connectivity index (χ0) is 13.2. The molecule has 1 atom stereocenters. The number of furan rings is 1. The average Bonchev–Trinajstić information content (AvgIpc) is 2.88. The van der Waals surface area contributed by atoms with Crippen LogP contribution in [0.1, 0.15) is 40.6 Å². The number of nitrogens with one attached hydrogen (secondary N) is 1. The van der Waals surface area contributed by atoms with Crippen molar-refractivity contribution in [3.63, 3.8) is 0 Å². The standard InChI is InChI=1S/C15H15NO3/c17-15(18)13-8-9-14(19-13)16-12-7-3-5-10-4-1-2-6-11(10)12/h1-2,4,6,8-9,12,16H,3,5,7H2,(H,17,18). The van der Waals surface area contributed by atoms with Gasteiger partial charge in [-0.1, -0.05) is 24.3 Å². The van der Waals surface area contributed by atoms with Gasteiger partial charge in [-0.2, -0.15) is 0 Å². The maximum atomic E-state index is 10.8. The molecule has 0 bridgehead atoms. The van der Waals surface area contributed by atoms with E-state index in [4.69, 9.17) is 9.52 Å². The fraction of sp³-hybridized carbons (Fsp3) is 0.267. The lowest BCUT2D eigenvalue weighted by atomic mass is 9.88. The first-order valence-corrected chi connectivity index (χ1v) is 6.41. The summed E-state index contributed by atoms with van der Waals surface area (Å²) in [7, 11) is 0. The largest absolute Gasteiger partial charge is 0.475 e. The van der Waals surface area contributed by atoms with Gasteiger partial charge >= 0.3 is 5.97 Å². The van der Waals surface area contributed by atoms with Gasteiger partial charge in [-0.3, -0.25) is 0 Å². The average molecular weight is 257 g/mol. The molecular formula is C15H15NO3. The summed E-state index contributed by atoms with van der Waals surface area (Å²) in [4.78, 5) is 10.8. The van der Waals surface area contributed by atoms with Crippen molar-refractivity contribution in [3.8, 4) is 0 Å². The molecule has 2 aromatic rings. The van der Waals surface area contributed by atoms with Crippen LogP contribution in [0.5, 0.6) is 0 Å². The van der Waals surface area contributed by atoms with Gasteiger partial charge in [-0.05, 0) is 36.5 Å². The Morgan fingerprint density at radius 2 is 2.11 bits per heavy atom. The van der Waals surface area contributed by atoms with E-state index < -0.39 is 5.97 Å². The zero-order valence-corrected chi connectivity index (χ0v) is 10.4. The predicted octanol–water partition coefficient (Wildman–Crippen LogP) is 3.47. The molecule has 19 heavy (non-hydrogen) atoms. The van der Waals surface area contributed by atoms with Crippen LogP contribution in [0.4, 0.5) is 5.88 Å². The fourth-order valence-electron chi connectivity index (χ4n) is 2.61. The van der Waals surface area contributed by atoms with Gasteiger partial charge in [0.05, 0.1) is 6.04 Å². The Bertz CT molecular complexity index is 603. The Morgan fingerprint density at radius 3 is 2.89 bits per heavy atom. The lowest BCUT2D eigenvalue weighted by molar-refractivity contribution is 0.0663. The molecule has 4 heteroatoms. The number of fused-ring (bicyclic) bond motifs is 1. The lowest BCUT2D eigenvalue weighted by Gasteiger charge is -2.26. The van der Waals surface area contributed by atoms with E-state index >= 15 is 0 Å². The Hall–Kier alpha value is -2.23. The predicted molar refractivity (Wildman–Crippen MR) is 71.4 cm³/mol. The third-order valence-corrected chi connectivity index (χ3v) is 3.50. The van der Waals surface area contributed by atoms with Crippen molar-refractivity contribution in [1.82, 2.24) is 0 Å². The summed E-state index contributed by atoms with van der Waals surface area (Å²) in [5.41, 5.74) is 2.64. The molecule has 1 aliphatic carbocycles. The van der Waals surface area contributed by atoms with Gasteiger partial charge in [0, 0.05) is 6.07 Å². The summed E-state index contributed by atoms with van der Waals surface area (Å²) in [6.07, 6.45) is 3.26. The normalized spacial score (nSPS) is 17.8. The molecular weight excluding hydrogens is 242 g/mol. The van der Waals surface area contributed by atoms with E-state index in [2.05, 4.69) is 23.5 Å². The fourth-order valence-corrected chi connectivity index (χ4v) is 2.61. The highest BCUT2D eigenvalue weighted by atomic mass is 16.4. The van der Waals surface area contributed by atoms with Gasteiger partial charge in [-0.25, -0.2) is 4.79 Å². The zero-order valence-electron chi connectivity index (χ0n) is 10.4. The quantitative estimate of drug-likeness (QED) is 0.883. The van der Waals surface area contributed by atoms with Crippen LogP contribution in [0.25, 0.3) is 0 Å². The smallest absolute Gasteiger partial charge is 0.371 e. The molecule has 98 valence electrons. The second kappa shape index (κ2) is 4.80. The summed E-state index contributed by atoms with van der Waals surface area (Å²) < 4.78 is 5.25. The van der Waals surface area contributed by atoms with E-state index in [1.54, 1.807) is 6.07 Å². The number of hydrogen-bond donors (Lipinski definition) is 2. The summed E-state index contributed by atoms with van der Waals surface area (Å²) in [6.45, 7) is 0. The second-order valence-electron chi connectivity index (χ2n) is 4.76. The van der Waals surface area contributed by atoms with Gasteiger partial charge in [0.1, 0.15) is 0 Å². The first kappa shape index (κ1) is 11.8. The summed E-state index contributed by atoms with van der Waals surface area (Å²) in [5, 5.41) is 12.1. The van der Waals surface area contributed by atoms with Crippen LogP contribution in [0.3, 0.4) is 0 Å². The van der Waals surface area contributed by atoms with Crippen molar-refractivity contribution >= 4 is 11.9 Å². The summed E-state index contributed by atoms with van der Waals surface area (Å²) in [5.74, 6) is -0.567. The van der Waals surface area contributed by atoms with Gasteiger partial charge in [0.2, 0.25) is 5.76 Å². The highest BCUT2D eigenvalue weighted by Gasteiger charge is 2.20. The third-order valence-electron chi connectivity index (χ3n) is 3.50. The minimum absolute atomic E-state index is 0.0356. The van der Waals surface area contributed by atoms with Crippen LogP contribution < -0.4 is 5.32 Å². The van der Waals surface area contributed by atoms with E-state index in [0.29, 0.717) is 5.88 Å². The molecule has 0 amide bonds. The number of benzene rings is 1. The van der Waals surface area contributed by atoms with E-state index in [1.807, 2.05) is 6.07 Å². The van der Waals surface area contributed by atoms with Crippen molar-refractivity contribution in [1.29, 1.82) is 0 Å². The number of carboxylic acid groups (broad SMARTS) is 1. The molecule has 1 heterocycles. The van der Waals surface area contributed by atoms with E-state index in [9.17, 15) is 4.79 Å².